The first kappa shape index (κ1) is 12.9. The van der Waals surface area contributed by atoms with Crippen LogP contribution in [0.2, 0.25) is 5.15 Å². The SMILES string of the molecule is Cc1nc2cccc(Cl)n2c1CN1CCCNCC1. The number of aromatic nitrogens is 2. The van der Waals surface area contributed by atoms with Gasteiger partial charge in [0.25, 0.3) is 0 Å². The van der Waals surface area contributed by atoms with E-state index in [9.17, 15) is 0 Å². The van der Waals surface area contributed by atoms with Crippen molar-refractivity contribution in [2.75, 3.05) is 26.2 Å². The molecule has 0 radical (unpaired) electrons. The Morgan fingerprint density at radius 1 is 1.32 bits per heavy atom. The van der Waals surface area contributed by atoms with E-state index in [1.54, 1.807) is 0 Å². The minimum atomic E-state index is 0.737. The van der Waals surface area contributed by atoms with Crippen molar-refractivity contribution in [3.8, 4) is 0 Å². The van der Waals surface area contributed by atoms with Crippen LogP contribution in [-0.4, -0.2) is 40.5 Å². The first-order valence-corrected chi connectivity index (χ1v) is 7.19. The van der Waals surface area contributed by atoms with Gasteiger partial charge >= 0.3 is 0 Å². The highest BCUT2D eigenvalue weighted by Gasteiger charge is 2.15. The molecule has 0 aliphatic carbocycles. The van der Waals surface area contributed by atoms with Crippen LogP contribution in [0.5, 0.6) is 0 Å². The summed E-state index contributed by atoms with van der Waals surface area (Å²) in [5.74, 6) is 0. The van der Waals surface area contributed by atoms with E-state index in [2.05, 4.69) is 26.5 Å². The Balaban J connectivity index is 1.93. The van der Waals surface area contributed by atoms with Gasteiger partial charge in [-0.25, -0.2) is 4.98 Å². The summed E-state index contributed by atoms with van der Waals surface area (Å²) in [6.45, 7) is 7.36. The van der Waals surface area contributed by atoms with Gasteiger partial charge in [-0.05, 0) is 38.6 Å². The van der Waals surface area contributed by atoms with E-state index in [-0.39, 0.29) is 0 Å². The van der Waals surface area contributed by atoms with Crippen LogP contribution < -0.4 is 5.32 Å². The summed E-state index contributed by atoms with van der Waals surface area (Å²) in [5.41, 5.74) is 3.22. The van der Waals surface area contributed by atoms with Crippen LogP contribution >= 0.6 is 11.6 Å². The van der Waals surface area contributed by atoms with Gasteiger partial charge in [-0.15, -0.1) is 0 Å². The lowest BCUT2D eigenvalue weighted by molar-refractivity contribution is 0.279. The van der Waals surface area contributed by atoms with Gasteiger partial charge in [0.05, 0.1) is 11.4 Å². The number of nitrogens with one attached hydrogen (secondary N) is 1. The molecule has 0 aromatic carbocycles. The van der Waals surface area contributed by atoms with Gasteiger partial charge in [0.15, 0.2) is 0 Å². The second-order valence-corrected chi connectivity index (χ2v) is 5.45. The lowest BCUT2D eigenvalue weighted by atomic mass is 10.3. The van der Waals surface area contributed by atoms with Crippen molar-refractivity contribution in [2.45, 2.75) is 19.9 Å². The van der Waals surface area contributed by atoms with Crippen molar-refractivity contribution in [1.82, 2.24) is 19.6 Å². The third-order valence-corrected chi connectivity index (χ3v) is 3.99. The van der Waals surface area contributed by atoms with Gasteiger partial charge in [-0.2, -0.15) is 0 Å². The largest absolute Gasteiger partial charge is 0.315 e. The number of aryl methyl sites for hydroxylation is 1. The lowest BCUT2D eigenvalue weighted by Crippen LogP contribution is -2.28. The molecule has 102 valence electrons. The second kappa shape index (κ2) is 5.49. The fourth-order valence-corrected chi connectivity index (χ4v) is 2.94. The summed E-state index contributed by atoms with van der Waals surface area (Å²) in [4.78, 5) is 7.07. The number of pyridine rings is 1. The zero-order chi connectivity index (χ0) is 13.2. The summed E-state index contributed by atoms with van der Waals surface area (Å²) in [7, 11) is 0. The van der Waals surface area contributed by atoms with Crippen LogP contribution in [0.3, 0.4) is 0 Å². The van der Waals surface area contributed by atoms with E-state index in [1.807, 2.05) is 18.2 Å². The molecular formula is C14H19ClN4. The molecule has 1 N–H and O–H groups in total. The standard InChI is InChI=1S/C14H19ClN4/c1-11-12(10-18-8-3-6-16-7-9-18)19-13(15)4-2-5-14(19)17-11/h2,4-5,16H,3,6-10H2,1H3. The van der Waals surface area contributed by atoms with E-state index in [4.69, 9.17) is 11.6 Å². The van der Waals surface area contributed by atoms with Gasteiger partial charge in [-0.3, -0.25) is 9.30 Å². The fourth-order valence-electron chi connectivity index (χ4n) is 2.68. The zero-order valence-corrected chi connectivity index (χ0v) is 12.0. The highest BCUT2D eigenvalue weighted by molar-refractivity contribution is 6.29. The van der Waals surface area contributed by atoms with Gasteiger partial charge in [-0.1, -0.05) is 17.7 Å². The van der Waals surface area contributed by atoms with Crippen LogP contribution in [0.15, 0.2) is 18.2 Å². The molecule has 0 bridgehead atoms. The molecule has 0 amide bonds. The average Bonchev–Trinajstić information content (AvgIpc) is 2.58. The molecule has 0 saturated carbocycles. The van der Waals surface area contributed by atoms with Crippen molar-refractivity contribution in [3.05, 3.63) is 34.7 Å². The van der Waals surface area contributed by atoms with Crippen molar-refractivity contribution >= 4 is 17.2 Å². The average molecular weight is 279 g/mol. The van der Waals surface area contributed by atoms with Crippen LogP contribution in [-0.2, 0) is 6.54 Å². The number of hydrogen-bond acceptors (Lipinski definition) is 3. The Kier molecular flexibility index (Phi) is 3.73. The maximum absolute atomic E-state index is 6.32. The predicted octanol–water partition coefficient (Wildman–Crippen LogP) is 2.09. The number of halogens is 1. The maximum Gasteiger partial charge on any atom is 0.138 e. The van der Waals surface area contributed by atoms with E-state index < -0.39 is 0 Å². The van der Waals surface area contributed by atoms with Gasteiger partial charge in [0.2, 0.25) is 0 Å². The third-order valence-electron chi connectivity index (χ3n) is 3.70. The van der Waals surface area contributed by atoms with Crippen LogP contribution in [0.25, 0.3) is 5.65 Å². The third kappa shape index (κ3) is 2.61. The molecule has 5 heteroatoms. The number of rotatable bonds is 2. The number of hydrogen-bond donors (Lipinski definition) is 1. The Hall–Kier alpha value is -1.10. The van der Waals surface area contributed by atoms with E-state index in [0.29, 0.717) is 0 Å². The van der Waals surface area contributed by atoms with Crippen molar-refractivity contribution < 1.29 is 0 Å². The molecule has 1 saturated heterocycles. The van der Waals surface area contributed by atoms with Gasteiger partial charge < -0.3 is 5.32 Å². The summed E-state index contributed by atoms with van der Waals surface area (Å²) < 4.78 is 2.06. The monoisotopic (exact) mass is 278 g/mol. The maximum atomic E-state index is 6.32. The van der Waals surface area contributed by atoms with Gasteiger partial charge in [0, 0.05) is 19.6 Å². The molecule has 19 heavy (non-hydrogen) atoms. The minimum Gasteiger partial charge on any atom is -0.315 e. The molecule has 3 rings (SSSR count). The zero-order valence-electron chi connectivity index (χ0n) is 11.2. The van der Waals surface area contributed by atoms with Gasteiger partial charge in [0.1, 0.15) is 10.8 Å². The molecule has 2 aromatic heterocycles. The minimum absolute atomic E-state index is 0.737. The summed E-state index contributed by atoms with van der Waals surface area (Å²) in [5, 5.41) is 4.17. The number of nitrogens with zero attached hydrogens (tertiary/aromatic N) is 3. The Labute approximate surface area is 118 Å². The van der Waals surface area contributed by atoms with Crippen molar-refractivity contribution in [2.24, 2.45) is 0 Å². The van der Waals surface area contributed by atoms with Crippen LogP contribution in [0.1, 0.15) is 17.8 Å². The Morgan fingerprint density at radius 2 is 2.21 bits per heavy atom. The summed E-state index contributed by atoms with van der Waals surface area (Å²) in [6, 6.07) is 5.87. The van der Waals surface area contributed by atoms with E-state index >= 15 is 0 Å². The first-order valence-electron chi connectivity index (χ1n) is 6.81. The van der Waals surface area contributed by atoms with E-state index in [1.165, 1.54) is 12.1 Å². The second-order valence-electron chi connectivity index (χ2n) is 5.07. The van der Waals surface area contributed by atoms with Crippen molar-refractivity contribution in [3.63, 3.8) is 0 Å². The number of imidazole rings is 1. The normalized spacial score (nSPS) is 17.8. The summed E-state index contributed by atoms with van der Waals surface area (Å²) >= 11 is 6.32. The molecule has 4 nitrogen and oxygen atoms in total. The molecule has 2 aromatic rings. The topological polar surface area (TPSA) is 32.6 Å². The molecule has 0 spiro atoms. The fraction of sp³-hybridized carbons (Fsp3) is 0.500. The molecule has 1 aliphatic rings. The molecule has 1 aliphatic heterocycles. The van der Waals surface area contributed by atoms with Crippen LogP contribution in [0, 0.1) is 6.92 Å². The molecule has 3 heterocycles. The van der Waals surface area contributed by atoms with Crippen molar-refractivity contribution in [1.29, 1.82) is 0 Å². The molecule has 1 fully saturated rings. The van der Waals surface area contributed by atoms with E-state index in [0.717, 1.165) is 49.2 Å². The molecule has 0 atom stereocenters. The molecule has 0 unspecified atom stereocenters. The Morgan fingerprint density at radius 3 is 3.11 bits per heavy atom. The Bertz CT molecular complexity index is 570. The number of fused-ring (bicyclic) bond motifs is 1. The smallest absolute Gasteiger partial charge is 0.138 e. The highest BCUT2D eigenvalue weighted by Crippen LogP contribution is 2.20. The quantitative estimate of drug-likeness (QED) is 0.854. The lowest BCUT2D eigenvalue weighted by Gasteiger charge is -2.19. The highest BCUT2D eigenvalue weighted by atomic mass is 35.5. The van der Waals surface area contributed by atoms with Crippen LogP contribution in [0.4, 0.5) is 0 Å². The summed E-state index contributed by atoms with van der Waals surface area (Å²) in [6.07, 6.45) is 1.20. The first-order chi connectivity index (χ1) is 9.25. The predicted molar refractivity (Wildman–Crippen MR) is 77.7 cm³/mol. The molecular weight excluding hydrogens is 260 g/mol.